The fraction of sp³-hybridized carbons (Fsp3) is 0.286. The van der Waals surface area contributed by atoms with E-state index in [1.54, 1.807) is 0 Å². The fourth-order valence-electron chi connectivity index (χ4n) is 2.99. The number of hydrogen-bond acceptors (Lipinski definition) is 3. The zero-order valence-electron chi connectivity index (χ0n) is 15.4. The first kappa shape index (κ1) is 18.2. The number of nitrogens with one attached hydrogen (secondary N) is 1. The number of carbonyl (C=O) groups excluding carboxylic acids is 1. The minimum atomic E-state index is -0.302. The van der Waals surface area contributed by atoms with E-state index in [9.17, 15) is 4.79 Å². The average Bonchev–Trinajstić information content (AvgIpc) is 3.03. The predicted molar refractivity (Wildman–Crippen MR) is 107 cm³/mol. The summed E-state index contributed by atoms with van der Waals surface area (Å²) in [5, 5.41) is 4.14. The maximum atomic E-state index is 12.4. The summed E-state index contributed by atoms with van der Waals surface area (Å²) in [6, 6.07) is 17.5. The van der Waals surface area contributed by atoms with Gasteiger partial charge in [0, 0.05) is 37.4 Å². The van der Waals surface area contributed by atoms with E-state index in [1.807, 2.05) is 48.5 Å². The maximum Gasteiger partial charge on any atom is 0.226 e. The molecule has 26 heavy (non-hydrogen) atoms. The summed E-state index contributed by atoms with van der Waals surface area (Å²) in [5.41, 5.74) is 9.04. The molecule has 3 rings (SSSR count). The first-order chi connectivity index (χ1) is 12.5. The van der Waals surface area contributed by atoms with E-state index in [-0.39, 0.29) is 18.4 Å². The number of amides is 1. The summed E-state index contributed by atoms with van der Waals surface area (Å²) < 4.78 is 2.21. The molecule has 0 saturated carbocycles. The molecular formula is C21H26N4O. The van der Waals surface area contributed by atoms with Gasteiger partial charge in [0.2, 0.25) is 5.91 Å². The van der Waals surface area contributed by atoms with E-state index in [2.05, 4.69) is 41.1 Å². The number of aromatic nitrogens is 1. The SMILES string of the molecule is CN(C)CCn1ccc2ccc(NC(=O)CC(N)c3ccccc3)cc21. The Labute approximate surface area is 154 Å². The van der Waals surface area contributed by atoms with E-state index in [0.29, 0.717) is 0 Å². The van der Waals surface area contributed by atoms with Crippen LogP contribution in [0.2, 0.25) is 0 Å². The number of benzene rings is 2. The standard InChI is InChI=1S/C21H26N4O/c1-24(2)12-13-25-11-10-17-8-9-18(14-20(17)25)23-21(26)15-19(22)16-6-4-3-5-7-16/h3-11,14,19H,12-13,15,22H2,1-2H3,(H,23,26). The Bertz CT molecular complexity index is 870. The normalized spacial score (nSPS) is 12.5. The van der Waals surface area contributed by atoms with Crippen molar-refractivity contribution in [2.75, 3.05) is 26.0 Å². The van der Waals surface area contributed by atoms with Crippen LogP contribution in [0.4, 0.5) is 5.69 Å². The van der Waals surface area contributed by atoms with Gasteiger partial charge >= 0.3 is 0 Å². The summed E-state index contributed by atoms with van der Waals surface area (Å²) in [5.74, 6) is -0.0768. The molecule has 1 atom stereocenters. The van der Waals surface area contributed by atoms with E-state index in [1.165, 1.54) is 5.39 Å². The molecule has 3 aromatic rings. The quantitative estimate of drug-likeness (QED) is 0.688. The summed E-state index contributed by atoms with van der Waals surface area (Å²) >= 11 is 0. The van der Waals surface area contributed by atoms with Crippen LogP contribution < -0.4 is 11.1 Å². The second-order valence-corrected chi connectivity index (χ2v) is 6.86. The van der Waals surface area contributed by atoms with Gasteiger partial charge in [-0.25, -0.2) is 0 Å². The van der Waals surface area contributed by atoms with E-state index >= 15 is 0 Å². The molecule has 0 radical (unpaired) electrons. The second kappa shape index (κ2) is 8.17. The fourth-order valence-corrected chi connectivity index (χ4v) is 2.99. The van der Waals surface area contributed by atoms with Gasteiger partial charge in [0.1, 0.15) is 0 Å². The number of nitrogens with zero attached hydrogens (tertiary/aromatic N) is 2. The predicted octanol–water partition coefficient (Wildman–Crippen LogP) is 3.23. The Balaban J connectivity index is 1.68. The Kier molecular flexibility index (Phi) is 5.71. The molecule has 1 heterocycles. The van der Waals surface area contributed by atoms with Crippen molar-refractivity contribution in [3.63, 3.8) is 0 Å². The van der Waals surface area contributed by atoms with Crippen molar-refractivity contribution in [1.29, 1.82) is 0 Å². The molecule has 136 valence electrons. The first-order valence-corrected chi connectivity index (χ1v) is 8.87. The van der Waals surface area contributed by atoms with Crippen molar-refractivity contribution in [3.8, 4) is 0 Å². The van der Waals surface area contributed by atoms with Crippen molar-refractivity contribution < 1.29 is 4.79 Å². The summed E-state index contributed by atoms with van der Waals surface area (Å²) in [6.07, 6.45) is 2.34. The molecular weight excluding hydrogens is 324 g/mol. The van der Waals surface area contributed by atoms with Crippen LogP contribution in [-0.2, 0) is 11.3 Å². The van der Waals surface area contributed by atoms with Crippen molar-refractivity contribution >= 4 is 22.5 Å². The van der Waals surface area contributed by atoms with Crippen molar-refractivity contribution in [2.24, 2.45) is 5.73 Å². The molecule has 0 aliphatic carbocycles. The lowest BCUT2D eigenvalue weighted by Crippen LogP contribution is -2.20. The number of carbonyl (C=O) groups is 1. The minimum Gasteiger partial charge on any atom is -0.346 e. The molecule has 0 fully saturated rings. The number of rotatable bonds is 7. The Morgan fingerprint density at radius 1 is 1.15 bits per heavy atom. The zero-order chi connectivity index (χ0) is 18.5. The first-order valence-electron chi connectivity index (χ1n) is 8.87. The monoisotopic (exact) mass is 350 g/mol. The van der Waals surface area contributed by atoms with Gasteiger partial charge in [0.15, 0.2) is 0 Å². The van der Waals surface area contributed by atoms with Crippen LogP contribution in [0.1, 0.15) is 18.0 Å². The number of hydrogen-bond donors (Lipinski definition) is 2. The third-order valence-corrected chi connectivity index (χ3v) is 4.48. The van der Waals surface area contributed by atoms with Gasteiger partial charge in [0.05, 0.1) is 5.52 Å². The van der Waals surface area contributed by atoms with Crippen LogP contribution in [0.25, 0.3) is 10.9 Å². The van der Waals surface area contributed by atoms with E-state index in [0.717, 1.165) is 29.9 Å². The highest BCUT2D eigenvalue weighted by atomic mass is 16.1. The molecule has 1 aromatic heterocycles. The van der Waals surface area contributed by atoms with Crippen molar-refractivity contribution in [2.45, 2.75) is 19.0 Å². The minimum absolute atomic E-state index is 0.0768. The molecule has 5 heteroatoms. The number of fused-ring (bicyclic) bond motifs is 1. The average molecular weight is 350 g/mol. The highest BCUT2D eigenvalue weighted by molar-refractivity contribution is 5.94. The third-order valence-electron chi connectivity index (χ3n) is 4.48. The van der Waals surface area contributed by atoms with Crippen molar-refractivity contribution in [1.82, 2.24) is 9.47 Å². The van der Waals surface area contributed by atoms with Crippen LogP contribution in [0.5, 0.6) is 0 Å². The summed E-state index contributed by atoms with van der Waals surface area (Å²) in [4.78, 5) is 14.5. The topological polar surface area (TPSA) is 63.3 Å². The second-order valence-electron chi connectivity index (χ2n) is 6.86. The lowest BCUT2D eigenvalue weighted by molar-refractivity contribution is -0.116. The van der Waals surface area contributed by atoms with Gasteiger partial charge in [-0.15, -0.1) is 0 Å². The number of nitrogens with two attached hydrogens (primary N) is 1. The highest BCUT2D eigenvalue weighted by Gasteiger charge is 2.12. The molecule has 2 aromatic carbocycles. The smallest absolute Gasteiger partial charge is 0.226 e. The maximum absolute atomic E-state index is 12.4. The Morgan fingerprint density at radius 3 is 2.65 bits per heavy atom. The Hall–Kier alpha value is -2.63. The van der Waals surface area contributed by atoms with Gasteiger partial charge in [0.25, 0.3) is 0 Å². The molecule has 0 aliphatic rings. The van der Waals surface area contributed by atoms with Crippen LogP contribution in [-0.4, -0.2) is 36.0 Å². The summed E-state index contributed by atoms with van der Waals surface area (Å²) in [7, 11) is 4.13. The molecule has 0 bridgehead atoms. The van der Waals surface area contributed by atoms with E-state index in [4.69, 9.17) is 5.73 Å². The lowest BCUT2D eigenvalue weighted by Gasteiger charge is -2.13. The van der Waals surface area contributed by atoms with Crippen LogP contribution in [0.15, 0.2) is 60.8 Å². The molecule has 0 aliphatic heterocycles. The van der Waals surface area contributed by atoms with Crippen LogP contribution >= 0.6 is 0 Å². The highest BCUT2D eigenvalue weighted by Crippen LogP contribution is 2.21. The van der Waals surface area contributed by atoms with Crippen LogP contribution in [0, 0.1) is 0 Å². The Morgan fingerprint density at radius 2 is 1.92 bits per heavy atom. The van der Waals surface area contributed by atoms with Gasteiger partial charge < -0.3 is 20.5 Å². The van der Waals surface area contributed by atoms with Gasteiger partial charge in [-0.3, -0.25) is 4.79 Å². The summed E-state index contributed by atoms with van der Waals surface area (Å²) in [6.45, 7) is 1.87. The van der Waals surface area contributed by atoms with E-state index < -0.39 is 0 Å². The molecule has 0 spiro atoms. The molecule has 5 nitrogen and oxygen atoms in total. The third kappa shape index (κ3) is 4.50. The largest absolute Gasteiger partial charge is 0.346 e. The molecule has 1 amide bonds. The molecule has 0 saturated heterocycles. The van der Waals surface area contributed by atoms with Crippen LogP contribution in [0.3, 0.4) is 0 Å². The number of likely N-dealkylation sites (N-methyl/N-ethyl adjacent to an activating group) is 1. The van der Waals surface area contributed by atoms with Gasteiger partial charge in [-0.1, -0.05) is 36.4 Å². The number of anilines is 1. The molecule has 1 unspecified atom stereocenters. The van der Waals surface area contributed by atoms with Gasteiger partial charge in [-0.2, -0.15) is 0 Å². The lowest BCUT2D eigenvalue weighted by atomic mass is 10.0. The van der Waals surface area contributed by atoms with Gasteiger partial charge in [-0.05, 0) is 43.2 Å². The zero-order valence-corrected chi connectivity index (χ0v) is 15.4. The molecule has 3 N–H and O–H groups in total. The van der Waals surface area contributed by atoms with Crippen molar-refractivity contribution in [3.05, 3.63) is 66.4 Å².